The van der Waals surface area contributed by atoms with Crippen molar-refractivity contribution in [2.24, 2.45) is 0 Å². The summed E-state index contributed by atoms with van der Waals surface area (Å²) in [6.07, 6.45) is 1.49. The average molecular weight is 894 g/mol. The van der Waals surface area contributed by atoms with Crippen LogP contribution in [0, 0.1) is 0 Å². The fraction of sp³-hybridized carbons (Fsp3) is 0.114. The fourth-order valence-corrected chi connectivity index (χ4v) is 11.2. The molecular formula is C35H35Cl2NO4P2PtS+2. The van der Waals surface area contributed by atoms with Crippen molar-refractivity contribution < 1.29 is 34.2 Å². The number of hydrogen-bond acceptors (Lipinski definition) is 3. The third-order valence-corrected chi connectivity index (χ3v) is 13.9. The molecule has 242 valence electrons. The zero-order valence-electron chi connectivity index (χ0n) is 24.8. The number of carbonyl (C=O) groups excluding carboxylic acids is 1. The SMILES string of the molecule is O=C(c1ccccc1S(=O)(=O)O)N(CC[PH+](c1ccccc1)c1ccccc1)CC[PH+](c1ccccc1)c1ccccc1.[Cl][Pt][Cl]. The van der Waals surface area contributed by atoms with E-state index in [1.54, 1.807) is 11.0 Å². The quantitative estimate of drug-likeness (QED) is 0.115. The van der Waals surface area contributed by atoms with Crippen molar-refractivity contribution in [3.05, 3.63) is 151 Å². The van der Waals surface area contributed by atoms with Gasteiger partial charge in [-0.2, -0.15) is 8.42 Å². The molecule has 5 nitrogen and oxygen atoms in total. The molecule has 0 aliphatic carbocycles. The Labute approximate surface area is 290 Å². The maximum atomic E-state index is 14.2. The first-order chi connectivity index (χ1) is 22.3. The number of nitrogens with zero attached hydrogens (tertiary/aromatic N) is 1. The molecule has 0 unspecified atom stereocenters. The molecule has 0 radical (unpaired) electrons. The van der Waals surface area contributed by atoms with Gasteiger partial charge >= 0.3 is 35.3 Å². The van der Waals surface area contributed by atoms with Crippen LogP contribution in [0.5, 0.6) is 0 Å². The Morgan fingerprint density at radius 3 is 1.22 bits per heavy atom. The Hall–Kier alpha value is -2.39. The van der Waals surface area contributed by atoms with Crippen molar-refractivity contribution >= 4 is 71.9 Å². The number of carbonyl (C=O) groups is 1. The van der Waals surface area contributed by atoms with Gasteiger partial charge < -0.3 is 4.90 Å². The van der Waals surface area contributed by atoms with Gasteiger partial charge in [-0.3, -0.25) is 9.35 Å². The number of hydrogen-bond donors (Lipinski definition) is 1. The summed E-state index contributed by atoms with van der Waals surface area (Å²) in [6, 6.07) is 47.5. The third-order valence-electron chi connectivity index (χ3n) is 7.44. The van der Waals surface area contributed by atoms with Crippen LogP contribution in [0.2, 0.25) is 0 Å². The molecule has 1 amide bonds. The summed E-state index contributed by atoms with van der Waals surface area (Å²) in [7, 11) is 2.69. The van der Waals surface area contributed by atoms with Gasteiger partial charge in [-0.1, -0.05) is 84.9 Å². The topological polar surface area (TPSA) is 74.7 Å². The van der Waals surface area contributed by atoms with E-state index in [0.717, 1.165) is 12.3 Å². The van der Waals surface area contributed by atoms with Gasteiger partial charge in [-0.05, 0) is 60.7 Å². The maximum absolute atomic E-state index is 14.2. The summed E-state index contributed by atoms with van der Waals surface area (Å²) in [6.45, 7) is 0.908. The first-order valence-corrected chi connectivity index (χ1v) is 24.9. The summed E-state index contributed by atoms with van der Waals surface area (Å²) < 4.78 is 34.4. The second kappa shape index (κ2) is 18.8. The molecule has 46 heavy (non-hydrogen) atoms. The molecule has 0 spiro atoms. The van der Waals surface area contributed by atoms with E-state index in [2.05, 4.69) is 48.5 Å². The second-order valence-corrected chi connectivity index (χ2v) is 20.1. The molecule has 0 fully saturated rings. The van der Waals surface area contributed by atoms with E-state index >= 15 is 0 Å². The molecule has 0 atom stereocenters. The van der Waals surface area contributed by atoms with Gasteiger partial charge in [0.25, 0.3) is 16.0 Å². The fourth-order valence-electron chi connectivity index (χ4n) is 5.32. The first kappa shape index (κ1) is 36.4. The van der Waals surface area contributed by atoms with Crippen LogP contribution >= 0.6 is 34.7 Å². The van der Waals surface area contributed by atoms with Crippen LogP contribution in [-0.2, 0) is 26.6 Å². The van der Waals surface area contributed by atoms with Gasteiger partial charge in [0.2, 0.25) is 0 Å². The predicted octanol–water partition coefficient (Wildman–Crippen LogP) is 6.48. The molecule has 0 saturated carbocycles. The number of halogens is 2. The Morgan fingerprint density at radius 1 is 0.587 bits per heavy atom. The van der Waals surface area contributed by atoms with Crippen LogP contribution < -0.4 is 21.2 Å². The van der Waals surface area contributed by atoms with Crippen LogP contribution in [-0.4, -0.2) is 49.2 Å². The molecule has 0 bridgehead atoms. The molecule has 0 aliphatic heterocycles. The third kappa shape index (κ3) is 10.6. The van der Waals surface area contributed by atoms with Crippen molar-refractivity contribution in [2.75, 3.05) is 25.4 Å². The van der Waals surface area contributed by atoms with E-state index in [1.165, 1.54) is 39.4 Å². The number of rotatable bonds is 12. The van der Waals surface area contributed by atoms with Crippen LogP contribution in [0.4, 0.5) is 0 Å². The molecule has 5 aromatic rings. The van der Waals surface area contributed by atoms with Crippen molar-refractivity contribution in [2.45, 2.75) is 4.90 Å². The summed E-state index contributed by atoms with van der Waals surface area (Å²) in [5, 5.41) is 5.01. The first-order valence-electron chi connectivity index (χ1n) is 14.4. The minimum absolute atomic E-state index is 0.00797. The van der Waals surface area contributed by atoms with E-state index in [-0.39, 0.29) is 10.5 Å². The molecule has 5 aromatic carbocycles. The summed E-state index contributed by atoms with van der Waals surface area (Å²) in [5.41, 5.74) is -0.00797. The minimum atomic E-state index is -4.58. The van der Waals surface area contributed by atoms with E-state index < -0.39 is 48.3 Å². The Bertz CT molecular complexity index is 1590. The van der Waals surface area contributed by atoms with Crippen molar-refractivity contribution in [1.29, 1.82) is 0 Å². The predicted molar refractivity (Wildman–Crippen MR) is 195 cm³/mol. The molecule has 1 N–H and O–H groups in total. The summed E-state index contributed by atoms with van der Waals surface area (Å²) >= 11 is -0.472. The molecular weight excluding hydrogens is 858 g/mol. The standard InChI is InChI=1S/C35H33NO4P2S.2ClH.Pt/c37-35(33-23-13-14-24-34(33)43(38,39)40)36(25-27-41(29-15-5-1-6-16-29)30-17-7-2-8-18-30)26-28-42(31-19-9-3-10-20-31)32-21-11-4-12-22-32;;;/h1-24H,25-28H2,(H,38,39,40);2*1H;/q;;;+2. The second-order valence-electron chi connectivity index (χ2n) is 10.2. The van der Waals surface area contributed by atoms with Gasteiger partial charge in [-0.25, -0.2) is 0 Å². The Morgan fingerprint density at radius 2 is 0.891 bits per heavy atom. The number of amides is 1. The van der Waals surface area contributed by atoms with Crippen molar-refractivity contribution in [3.8, 4) is 0 Å². The molecule has 0 aliphatic rings. The van der Waals surface area contributed by atoms with Crippen LogP contribution in [0.25, 0.3) is 0 Å². The van der Waals surface area contributed by atoms with E-state index in [1.807, 2.05) is 72.8 Å². The zero-order chi connectivity index (χ0) is 32.8. The van der Waals surface area contributed by atoms with Crippen molar-refractivity contribution in [1.82, 2.24) is 4.90 Å². The number of benzene rings is 5. The van der Waals surface area contributed by atoms with Gasteiger partial charge in [0.1, 0.15) is 4.90 Å². The zero-order valence-corrected chi connectivity index (χ0v) is 31.4. The summed E-state index contributed by atoms with van der Waals surface area (Å²) in [4.78, 5) is 15.6. The van der Waals surface area contributed by atoms with Crippen molar-refractivity contribution in [3.63, 3.8) is 0 Å². The van der Waals surface area contributed by atoms with Gasteiger partial charge in [0.05, 0.1) is 68.0 Å². The average Bonchev–Trinajstić information content (AvgIpc) is 3.09. The summed E-state index contributed by atoms with van der Waals surface area (Å²) in [5.74, 6) is -0.391. The van der Waals surface area contributed by atoms with Crippen LogP contribution in [0.1, 0.15) is 10.4 Å². The van der Waals surface area contributed by atoms with Gasteiger partial charge in [0, 0.05) is 0 Å². The Balaban J connectivity index is 0.00000154. The molecule has 0 heterocycles. The van der Waals surface area contributed by atoms with Crippen LogP contribution in [0.3, 0.4) is 0 Å². The molecule has 11 heteroatoms. The normalized spacial score (nSPS) is 11.2. The van der Waals surface area contributed by atoms with E-state index in [0.29, 0.717) is 13.1 Å². The monoisotopic (exact) mass is 892 g/mol. The molecule has 0 saturated heterocycles. The molecule has 5 rings (SSSR count). The van der Waals surface area contributed by atoms with Gasteiger partial charge in [-0.15, -0.1) is 0 Å². The Kier molecular flexibility index (Phi) is 14.9. The van der Waals surface area contributed by atoms with E-state index in [9.17, 15) is 17.8 Å². The van der Waals surface area contributed by atoms with E-state index in [4.69, 9.17) is 18.8 Å². The van der Waals surface area contributed by atoms with Crippen LogP contribution in [0.15, 0.2) is 150 Å². The van der Waals surface area contributed by atoms with Gasteiger partial charge in [0.15, 0.2) is 0 Å². The molecule has 0 aromatic heterocycles.